The molecule has 8 aromatic rings. The lowest BCUT2D eigenvalue weighted by Crippen LogP contribution is -1.97. The molecule has 1 nitrogen and oxygen atoms in total. The minimum atomic E-state index is 0.650. The first-order valence-electron chi connectivity index (χ1n) is 19.6. The van der Waals surface area contributed by atoms with Gasteiger partial charge in [0.1, 0.15) is 0 Å². The third-order valence-electron chi connectivity index (χ3n) is 11.6. The van der Waals surface area contributed by atoms with Gasteiger partial charge in [0.25, 0.3) is 0 Å². The highest BCUT2D eigenvalue weighted by molar-refractivity contribution is 8.03. The number of nitrogens with zero attached hydrogens (tertiary/aromatic N) is 1. The fourth-order valence-corrected chi connectivity index (χ4v) is 10.1. The van der Waals surface area contributed by atoms with Crippen LogP contribution < -0.4 is 0 Å². The predicted molar refractivity (Wildman–Crippen MR) is 239 cm³/mol. The van der Waals surface area contributed by atoms with E-state index in [0.29, 0.717) is 5.92 Å². The molecule has 1 aliphatic heterocycles. The first-order valence-corrected chi connectivity index (χ1v) is 20.5. The molecule has 266 valence electrons. The molecule has 0 fully saturated rings. The first-order chi connectivity index (χ1) is 27.0. The van der Waals surface area contributed by atoms with E-state index < -0.39 is 0 Å². The molecule has 1 aromatic heterocycles. The smallest absolute Gasteiger partial charge is 0.0541 e. The number of para-hydroxylation sites is 1. The van der Waals surface area contributed by atoms with Crippen molar-refractivity contribution >= 4 is 55.1 Å². The van der Waals surface area contributed by atoms with Crippen molar-refractivity contribution in [2.75, 3.05) is 5.75 Å². The number of aryl methyl sites for hydroxylation is 2. The Morgan fingerprint density at radius 2 is 1.27 bits per heavy atom. The Labute approximate surface area is 328 Å². The fourth-order valence-electron chi connectivity index (χ4n) is 8.81. The van der Waals surface area contributed by atoms with Crippen LogP contribution in [0.2, 0.25) is 0 Å². The summed E-state index contributed by atoms with van der Waals surface area (Å²) in [6, 6.07) is 50.1. The summed E-state index contributed by atoms with van der Waals surface area (Å²) in [6.45, 7) is 6.63. The van der Waals surface area contributed by atoms with E-state index in [2.05, 4.69) is 189 Å². The van der Waals surface area contributed by atoms with Gasteiger partial charge in [0.15, 0.2) is 0 Å². The standard InChI is InChI=1S/C53H43NS/c1-34-16-22-38(23-17-34)52-44-13-6-7-14-45(44)53(39-24-18-35(2)19-25-39)48-32-41(26-28-46(48)52)54-49-15-9-8-12-43(49)47-31-37(21-29-50(47)54)10-4-5-11-40-33-55-51-30-36(3)20-27-42(40)51/h4-9,11-29,31-32,36H,10,30,33H2,1-3H3/b5-4-,40-11+. The van der Waals surface area contributed by atoms with Crippen LogP contribution in [0.15, 0.2) is 180 Å². The minimum absolute atomic E-state index is 0.650. The van der Waals surface area contributed by atoms with Gasteiger partial charge in [-0.1, -0.05) is 152 Å². The van der Waals surface area contributed by atoms with Gasteiger partial charge in [-0.15, -0.1) is 11.8 Å². The maximum absolute atomic E-state index is 2.47. The Hall–Kier alpha value is -5.83. The van der Waals surface area contributed by atoms with E-state index in [9.17, 15) is 0 Å². The number of benzene rings is 7. The van der Waals surface area contributed by atoms with Crippen molar-refractivity contribution in [1.82, 2.24) is 4.57 Å². The van der Waals surface area contributed by atoms with Gasteiger partial charge in [-0.25, -0.2) is 0 Å². The van der Waals surface area contributed by atoms with E-state index in [-0.39, 0.29) is 0 Å². The molecule has 10 rings (SSSR count). The molecule has 0 amide bonds. The Morgan fingerprint density at radius 1 is 0.636 bits per heavy atom. The van der Waals surface area contributed by atoms with Crippen molar-refractivity contribution in [3.8, 4) is 27.9 Å². The lowest BCUT2D eigenvalue weighted by atomic mass is 9.85. The zero-order chi connectivity index (χ0) is 37.0. The second-order valence-electron chi connectivity index (χ2n) is 15.5. The molecule has 0 spiro atoms. The molecule has 0 N–H and O–H groups in total. The van der Waals surface area contributed by atoms with Crippen molar-refractivity contribution in [2.24, 2.45) is 5.92 Å². The molecular formula is C53H43NS. The quantitative estimate of drug-likeness (QED) is 0.155. The maximum atomic E-state index is 2.47. The lowest BCUT2D eigenvalue weighted by molar-refractivity contribution is 0.726. The van der Waals surface area contributed by atoms with E-state index in [0.717, 1.165) is 12.2 Å². The molecule has 55 heavy (non-hydrogen) atoms. The van der Waals surface area contributed by atoms with E-state index in [4.69, 9.17) is 0 Å². The van der Waals surface area contributed by atoms with Gasteiger partial charge in [-0.05, 0) is 128 Å². The summed E-state index contributed by atoms with van der Waals surface area (Å²) in [6.07, 6.45) is 13.7. The Kier molecular flexibility index (Phi) is 8.45. The van der Waals surface area contributed by atoms with Crippen LogP contribution in [0.5, 0.6) is 0 Å². The Bertz CT molecular complexity index is 2930. The Morgan fingerprint density at radius 3 is 2.00 bits per heavy atom. The summed E-state index contributed by atoms with van der Waals surface area (Å²) >= 11 is 2.02. The normalized spacial score (nSPS) is 16.5. The number of allylic oxidation sites excluding steroid dienone is 7. The maximum Gasteiger partial charge on any atom is 0.0541 e. The number of hydrogen-bond acceptors (Lipinski definition) is 1. The van der Waals surface area contributed by atoms with Crippen LogP contribution in [0.4, 0.5) is 0 Å². The molecular weight excluding hydrogens is 683 g/mol. The summed E-state index contributed by atoms with van der Waals surface area (Å²) in [5.74, 6) is 1.74. The Balaban J connectivity index is 1.11. The average molecular weight is 726 g/mol. The summed E-state index contributed by atoms with van der Waals surface area (Å²) in [5, 5.41) is 7.66. The highest BCUT2D eigenvalue weighted by Crippen LogP contribution is 2.46. The molecule has 0 saturated heterocycles. The van der Waals surface area contributed by atoms with Gasteiger partial charge in [0, 0.05) is 22.2 Å². The topological polar surface area (TPSA) is 4.93 Å². The van der Waals surface area contributed by atoms with Gasteiger partial charge in [0.2, 0.25) is 0 Å². The highest BCUT2D eigenvalue weighted by atomic mass is 32.2. The summed E-state index contributed by atoms with van der Waals surface area (Å²) in [4.78, 5) is 1.56. The van der Waals surface area contributed by atoms with Crippen molar-refractivity contribution < 1.29 is 0 Å². The minimum Gasteiger partial charge on any atom is -0.309 e. The lowest BCUT2D eigenvalue weighted by Gasteiger charge is -2.19. The molecule has 2 heterocycles. The summed E-state index contributed by atoms with van der Waals surface area (Å²) in [5.41, 5.74) is 15.5. The molecule has 0 saturated carbocycles. The van der Waals surface area contributed by atoms with Crippen LogP contribution in [0.1, 0.15) is 30.0 Å². The van der Waals surface area contributed by atoms with Crippen molar-refractivity contribution in [3.05, 3.63) is 197 Å². The van der Waals surface area contributed by atoms with Crippen molar-refractivity contribution in [3.63, 3.8) is 0 Å². The van der Waals surface area contributed by atoms with E-state index in [1.165, 1.54) is 106 Å². The first kappa shape index (κ1) is 33.7. The molecule has 2 aliphatic rings. The van der Waals surface area contributed by atoms with Crippen molar-refractivity contribution in [2.45, 2.75) is 33.6 Å². The highest BCUT2D eigenvalue weighted by Gasteiger charge is 2.22. The van der Waals surface area contributed by atoms with Gasteiger partial charge < -0.3 is 4.57 Å². The van der Waals surface area contributed by atoms with Crippen LogP contribution in [0, 0.1) is 19.8 Å². The predicted octanol–water partition coefficient (Wildman–Crippen LogP) is 14.7. The van der Waals surface area contributed by atoms with Crippen molar-refractivity contribution in [1.29, 1.82) is 0 Å². The summed E-state index contributed by atoms with van der Waals surface area (Å²) in [7, 11) is 0. The van der Waals surface area contributed by atoms with Gasteiger partial charge in [0.05, 0.1) is 11.0 Å². The van der Waals surface area contributed by atoms with Crippen LogP contribution in [0.25, 0.3) is 71.3 Å². The molecule has 1 aliphatic carbocycles. The number of aromatic nitrogens is 1. The van der Waals surface area contributed by atoms with Crippen LogP contribution in [0.3, 0.4) is 0 Å². The molecule has 2 heteroatoms. The second-order valence-corrected chi connectivity index (χ2v) is 16.5. The number of rotatable bonds is 6. The third kappa shape index (κ3) is 5.97. The third-order valence-corrected chi connectivity index (χ3v) is 12.8. The largest absolute Gasteiger partial charge is 0.309 e. The zero-order valence-electron chi connectivity index (χ0n) is 31.6. The molecule has 0 radical (unpaired) electrons. The van der Waals surface area contributed by atoms with Crippen LogP contribution >= 0.6 is 11.8 Å². The van der Waals surface area contributed by atoms with E-state index in [1.807, 2.05) is 11.8 Å². The monoisotopic (exact) mass is 725 g/mol. The molecule has 7 aromatic carbocycles. The average Bonchev–Trinajstić information content (AvgIpc) is 3.77. The number of fused-ring (bicyclic) bond motifs is 5. The fraction of sp³-hybridized carbons (Fsp3) is 0.132. The summed E-state index contributed by atoms with van der Waals surface area (Å²) < 4.78 is 2.47. The van der Waals surface area contributed by atoms with Crippen LogP contribution in [-0.2, 0) is 6.42 Å². The molecule has 1 atom stereocenters. The molecule has 0 bridgehead atoms. The number of thioether (sulfide) groups is 1. The zero-order valence-corrected chi connectivity index (χ0v) is 32.5. The number of hydrogen-bond donors (Lipinski definition) is 0. The SMILES string of the molecule is Cc1ccc(-c2c3ccccc3c(-c3ccc(C)cc3)c3cc(-n4c5ccccc5c5cc(C/C=C\C=C6/CSC7=C6C=CC(C)C7)ccc54)ccc23)cc1. The second kappa shape index (κ2) is 13.8. The van der Waals surface area contributed by atoms with E-state index in [1.54, 1.807) is 4.91 Å². The van der Waals surface area contributed by atoms with Gasteiger partial charge in [-0.2, -0.15) is 0 Å². The van der Waals surface area contributed by atoms with Crippen LogP contribution in [-0.4, -0.2) is 10.3 Å². The molecule has 1 unspecified atom stereocenters. The van der Waals surface area contributed by atoms with Gasteiger partial charge >= 0.3 is 0 Å². The van der Waals surface area contributed by atoms with Gasteiger partial charge in [-0.3, -0.25) is 0 Å². The van der Waals surface area contributed by atoms with E-state index >= 15 is 0 Å².